The minimum atomic E-state index is -0.708. The van der Waals surface area contributed by atoms with Gasteiger partial charge in [0, 0.05) is 27.1 Å². The van der Waals surface area contributed by atoms with Gasteiger partial charge in [-0.3, -0.25) is 0 Å². The number of fused-ring (bicyclic) bond motifs is 6. The van der Waals surface area contributed by atoms with Crippen LogP contribution >= 0.6 is 0 Å². The normalized spacial score (nSPS) is 11.7. The molecule has 0 radical (unpaired) electrons. The van der Waals surface area contributed by atoms with Crippen molar-refractivity contribution in [1.82, 2.24) is 9.13 Å². The molecule has 0 unspecified atom stereocenters. The van der Waals surface area contributed by atoms with E-state index in [1.54, 1.807) is 12.1 Å². The standard InChI is InChI=1S/C41H29F2N3/c1-23-9-13-27-28-14-10-24(2)18-36(28)45(35(27)17-23)39-21-31(41-32(42)7-6-8-33(41)43)34(44-5)22-40(39)46-37-19-25(3)11-15-29(37)30-16-12-26(4)20-38(30)46/h6-22H,1-4H3. The SMILES string of the molecule is [C-]#[N+]c1cc(-n2c3cc(C)ccc3c3ccc(C)cc32)c(-n2c3cc(C)ccc3c3ccc(C)cc32)cc1-c1c(F)cccc1F. The van der Waals surface area contributed by atoms with Crippen molar-refractivity contribution in [2.75, 3.05) is 0 Å². The number of hydrogen-bond acceptors (Lipinski definition) is 0. The van der Waals surface area contributed by atoms with Crippen LogP contribution in [0.1, 0.15) is 22.3 Å². The van der Waals surface area contributed by atoms with Crippen LogP contribution in [0, 0.1) is 45.9 Å². The molecule has 8 aromatic rings. The molecule has 0 amide bonds. The number of hydrogen-bond donors (Lipinski definition) is 0. The van der Waals surface area contributed by atoms with Crippen molar-refractivity contribution < 1.29 is 8.78 Å². The predicted molar refractivity (Wildman–Crippen MR) is 186 cm³/mol. The molecule has 0 spiro atoms. The Morgan fingerprint density at radius 2 is 0.870 bits per heavy atom. The molecule has 0 aliphatic carbocycles. The van der Waals surface area contributed by atoms with Gasteiger partial charge in [0.2, 0.25) is 0 Å². The molecule has 46 heavy (non-hydrogen) atoms. The maximum atomic E-state index is 15.5. The van der Waals surface area contributed by atoms with Crippen LogP contribution in [0.2, 0.25) is 0 Å². The van der Waals surface area contributed by atoms with E-state index in [1.165, 1.54) is 18.2 Å². The van der Waals surface area contributed by atoms with Gasteiger partial charge in [-0.2, -0.15) is 0 Å². The Morgan fingerprint density at radius 3 is 1.24 bits per heavy atom. The molecule has 2 aromatic heterocycles. The smallest absolute Gasteiger partial charge is 0.197 e. The van der Waals surface area contributed by atoms with E-state index in [4.69, 9.17) is 6.57 Å². The summed E-state index contributed by atoms with van der Waals surface area (Å²) in [6, 6.07) is 33.1. The third-order valence-corrected chi connectivity index (χ3v) is 9.08. The highest BCUT2D eigenvalue weighted by Crippen LogP contribution is 2.44. The van der Waals surface area contributed by atoms with Gasteiger partial charge in [-0.25, -0.2) is 13.6 Å². The quantitative estimate of drug-likeness (QED) is 0.179. The first-order valence-corrected chi connectivity index (χ1v) is 15.3. The predicted octanol–water partition coefficient (Wildman–Crippen LogP) is 11.6. The molecule has 0 saturated heterocycles. The van der Waals surface area contributed by atoms with Gasteiger partial charge in [0.05, 0.1) is 40.0 Å². The lowest BCUT2D eigenvalue weighted by atomic mass is 10.00. The van der Waals surface area contributed by atoms with Crippen LogP contribution < -0.4 is 0 Å². The first kappa shape index (κ1) is 27.8. The summed E-state index contributed by atoms with van der Waals surface area (Å²) in [7, 11) is 0. The van der Waals surface area contributed by atoms with Gasteiger partial charge in [0.1, 0.15) is 11.6 Å². The zero-order valence-electron chi connectivity index (χ0n) is 25.9. The van der Waals surface area contributed by atoms with Crippen molar-refractivity contribution in [1.29, 1.82) is 0 Å². The summed E-state index contributed by atoms with van der Waals surface area (Å²) < 4.78 is 35.3. The topological polar surface area (TPSA) is 14.2 Å². The first-order valence-electron chi connectivity index (χ1n) is 15.3. The molecular weight excluding hydrogens is 572 g/mol. The Hall–Kier alpha value is -5.73. The number of nitrogens with zero attached hydrogens (tertiary/aromatic N) is 3. The number of aryl methyl sites for hydroxylation is 4. The second-order valence-electron chi connectivity index (χ2n) is 12.3. The molecule has 6 aromatic carbocycles. The van der Waals surface area contributed by atoms with Crippen LogP contribution in [-0.2, 0) is 0 Å². The highest BCUT2D eigenvalue weighted by Gasteiger charge is 2.24. The summed E-state index contributed by atoms with van der Waals surface area (Å²) in [5.41, 5.74) is 10.0. The van der Waals surface area contributed by atoms with Crippen molar-refractivity contribution in [3.63, 3.8) is 0 Å². The molecule has 0 fully saturated rings. The minimum Gasteiger partial charge on any atom is -0.308 e. The maximum absolute atomic E-state index is 15.5. The summed E-state index contributed by atoms with van der Waals surface area (Å²) in [4.78, 5) is 3.86. The third kappa shape index (κ3) is 4.07. The van der Waals surface area contributed by atoms with Gasteiger partial charge < -0.3 is 9.13 Å². The van der Waals surface area contributed by atoms with Crippen molar-refractivity contribution >= 4 is 49.3 Å². The zero-order chi connectivity index (χ0) is 31.9. The van der Waals surface area contributed by atoms with E-state index in [2.05, 4.69) is 114 Å². The van der Waals surface area contributed by atoms with Crippen LogP contribution in [0.5, 0.6) is 0 Å². The summed E-state index contributed by atoms with van der Waals surface area (Å²) in [5, 5.41) is 4.34. The van der Waals surface area contributed by atoms with Crippen LogP contribution in [0.15, 0.2) is 103 Å². The Bertz CT molecular complexity index is 2470. The van der Waals surface area contributed by atoms with Gasteiger partial charge in [-0.15, -0.1) is 0 Å². The monoisotopic (exact) mass is 601 g/mol. The molecule has 222 valence electrons. The molecule has 0 bridgehead atoms. The Kier molecular flexibility index (Phi) is 6.13. The van der Waals surface area contributed by atoms with Crippen LogP contribution in [0.25, 0.3) is 71.0 Å². The average Bonchev–Trinajstić information content (AvgIpc) is 3.51. The van der Waals surface area contributed by atoms with E-state index in [-0.39, 0.29) is 16.8 Å². The molecule has 0 aliphatic heterocycles. The van der Waals surface area contributed by atoms with Crippen LogP contribution in [0.4, 0.5) is 14.5 Å². The van der Waals surface area contributed by atoms with E-state index in [0.29, 0.717) is 0 Å². The Balaban J connectivity index is 1.63. The van der Waals surface area contributed by atoms with E-state index >= 15 is 8.78 Å². The molecule has 0 aliphatic rings. The zero-order valence-corrected chi connectivity index (χ0v) is 25.9. The van der Waals surface area contributed by atoms with Crippen molar-refractivity contribution in [2.45, 2.75) is 27.7 Å². The van der Waals surface area contributed by atoms with E-state index in [0.717, 1.165) is 77.2 Å². The molecule has 2 heterocycles. The number of rotatable bonds is 3. The van der Waals surface area contributed by atoms with Gasteiger partial charge in [0.15, 0.2) is 5.69 Å². The Morgan fingerprint density at radius 1 is 0.500 bits per heavy atom. The van der Waals surface area contributed by atoms with Gasteiger partial charge in [-0.1, -0.05) is 54.6 Å². The average molecular weight is 602 g/mol. The molecular formula is C41H29F2N3. The number of halogens is 2. The molecule has 0 atom stereocenters. The maximum Gasteiger partial charge on any atom is 0.197 e. The van der Waals surface area contributed by atoms with Gasteiger partial charge in [0.25, 0.3) is 0 Å². The van der Waals surface area contributed by atoms with E-state index < -0.39 is 11.6 Å². The fraction of sp³-hybridized carbons (Fsp3) is 0.0976. The summed E-state index contributed by atoms with van der Waals surface area (Å²) in [6.07, 6.45) is 0. The lowest BCUT2D eigenvalue weighted by Gasteiger charge is -2.20. The minimum absolute atomic E-state index is 0.172. The third-order valence-electron chi connectivity index (χ3n) is 9.08. The largest absolute Gasteiger partial charge is 0.308 e. The number of aromatic nitrogens is 2. The lowest BCUT2D eigenvalue weighted by Crippen LogP contribution is -2.05. The fourth-order valence-corrected chi connectivity index (χ4v) is 6.97. The summed E-state index contributed by atoms with van der Waals surface area (Å²) in [5.74, 6) is -1.42. The van der Waals surface area contributed by atoms with Gasteiger partial charge in [-0.05, 0) is 104 Å². The molecule has 8 rings (SSSR count). The Labute approximate surface area is 265 Å². The summed E-state index contributed by atoms with van der Waals surface area (Å²) in [6.45, 7) is 16.5. The lowest BCUT2D eigenvalue weighted by molar-refractivity contribution is 0.590. The van der Waals surface area contributed by atoms with Gasteiger partial charge >= 0.3 is 0 Å². The molecule has 5 heteroatoms. The van der Waals surface area contributed by atoms with E-state index in [1.807, 2.05) is 0 Å². The first-order chi connectivity index (χ1) is 22.2. The number of benzene rings is 6. The fourth-order valence-electron chi connectivity index (χ4n) is 6.97. The molecule has 0 N–H and O–H groups in total. The van der Waals surface area contributed by atoms with E-state index in [9.17, 15) is 0 Å². The molecule has 3 nitrogen and oxygen atoms in total. The van der Waals surface area contributed by atoms with Crippen LogP contribution in [0.3, 0.4) is 0 Å². The van der Waals surface area contributed by atoms with Crippen LogP contribution in [-0.4, -0.2) is 9.13 Å². The second-order valence-corrected chi connectivity index (χ2v) is 12.3. The second kappa shape index (κ2) is 10.2. The summed E-state index contributed by atoms with van der Waals surface area (Å²) >= 11 is 0. The highest BCUT2D eigenvalue weighted by molar-refractivity contribution is 6.12. The van der Waals surface area contributed by atoms with Crippen molar-refractivity contribution in [3.8, 4) is 22.5 Å². The van der Waals surface area contributed by atoms with Crippen molar-refractivity contribution in [2.24, 2.45) is 0 Å². The highest BCUT2D eigenvalue weighted by atomic mass is 19.1. The van der Waals surface area contributed by atoms with Crippen molar-refractivity contribution in [3.05, 3.63) is 148 Å². The molecule has 0 saturated carbocycles.